The van der Waals surface area contributed by atoms with E-state index in [9.17, 15) is 4.79 Å². The number of nitrogens with zero attached hydrogens (tertiary/aromatic N) is 1. The van der Waals surface area contributed by atoms with E-state index in [0.29, 0.717) is 12.2 Å². The molecule has 0 radical (unpaired) electrons. The second kappa shape index (κ2) is 4.39. The number of ether oxygens (including phenoxy) is 1. The van der Waals surface area contributed by atoms with Crippen LogP contribution in [0.5, 0.6) is 0 Å². The van der Waals surface area contributed by atoms with E-state index >= 15 is 0 Å². The van der Waals surface area contributed by atoms with Crippen LogP contribution in [0.15, 0.2) is 30.5 Å². The van der Waals surface area contributed by atoms with Crippen molar-refractivity contribution in [2.75, 3.05) is 6.61 Å². The average molecular weight is 217 g/mol. The van der Waals surface area contributed by atoms with Crippen LogP contribution in [-0.4, -0.2) is 17.1 Å². The Morgan fingerprint density at radius 3 is 2.81 bits per heavy atom. The third kappa shape index (κ3) is 1.81. The van der Waals surface area contributed by atoms with Gasteiger partial charge in [-0.15, -0.1) is 0 Å². The molecule has 0 saturated carbocycles. The molecule has 0 fully saturated rings. The molecule has 3 heteroatoms. The van der Waals surface area contributed by atoms with E-state index in [-0.39, 0.29) is 5.97 Å². The summed E-state index contributed by atoms with van der Waals surface area (Å²) in [5.41, 5.74) is 1.76. The third-order valence-electron chi connectivity index (χ3n) is 2.62. The van der Waals surface area contributed by atoms with E-state index in [1.54, 1.807) is 0 Å². The zero-order valence-corrected chi connectivity index (χ0v) is 9.56. The number of carbonyl (C=O) groups is 1. The number of benzene rings is 1. The zero-order chi connectivity index (χ0) is 11.5. The topological polar surface area (TPSA) is 31.2 Å². The van der Waals surface area contributed by atoms with Crippen molar-refractivity contribution < 1.29 is 9.53 Å². The lowest BCUT2D eigenvalue weighted by molar-refractivity contribution is 0.0526. The fourth-order valence-corrected chi connectivity index (χ4v) is 1.82. The number of rotatable bonds is 3. The number of aromatic nitrogens is 1. The standard InChI is InChI=1S/C13H15NO2/c1-3-14-8-7-10-9-11(5-6-12(10)14)13(15)16-4-2/h5-9H,3-4H2,1-2H3. The van der Waals surface area contributed by atoms with Gasteiger partial charge in [0, 0.05) is 23.6 Å². The molecule has 0 spiro atoms. The Morgan fingerprint density at radius 2 is 2.12 bits per heavy atom. The minimum Gasteiger partial charge on any atom is -0.462 e. The number of carbonyl (C=O) groups excluding carboxylic acids is 1. The van der Waals surface area contributed by atoms with Crippen molar-refractivity contribution in [3.8, 4) is 0 Å². The van der Waals surface area contributed by atoms with Gasteiger partial charge in [0.1, 0.15) is 0 Å². The molecule has 2 rings (SSSR count). The van der Waals surface area contributed by atoms with Crippen LogP contribution >= 0.6 is 0 Å². The first kappa shape index (κ1) is 10.7. The normalized spacial score (nSPS) is 10.6. The molecule has 84 valence electrons. The summed E-state index contributed by atoms with van der Waals surface area (Å²) in [5.74, 6) is -0.256. The van der Waals surface area contributed by atoms with Crippen molar-refractivity contribution in [1.29, 1.82) is 0 Å². The molecule has 3 nitrogen and oxygen atoms in total. The first-order chi connectivity index (χ1) is 7.76. The molecule has 0 N–H and O–H groups in total. The average Bonchev–Trinajstić information content (AvgIpc) is 2.71. The van der Waals surface area contributed by atoms with Crippen LogP contribution in [0.1, 0.15) is 24.2 Å². The van der Waals surface area contributed by atoms with Gasteiger partial charge in [-0.1, -0.05) is 0 Å². The summed E-state index contributed by atoms with van der Waals surface area (Å²) in [7, 11) is 0. The highest BCUT2D eigenvalue weighted by molar-refractivity contribution is 5.94. The Kier molecular flexibility index (Phi) is 2.95. The van der Waals surface area contributed by atoms with E-state index in [1.807, 2.05) is 37.4 Å². The van der Waals surface area contributed by atoms with Crippen molar-refractivity contribution in [3.05, 3.63) is 36.0 Å². The summed E-state index contributed by atoms with van der Waals surface area (Å²) in [6, 6.07) is 7.67. The fraction of sp³-hybridized carbons (Fsp3) is 0.308. The minimum atomic E-state index is -0.256. The van der Waals surface area contributed by atoms with Gasteiger partial charge in [-0.2, -0.15) is 0 Å². The van der Waals surface area contributed by atoms with E-state index in [4.69, 9.17) is 4.74 Å². The molecular weight excluding hydrogens is 202 g/mol. The van der Waals surface area contributed by atoms with Crippen LogP contribution in [0.3, 0.4) is 0 Å². The van der Waals surface area contributed by atoms with Gasteiger partial charge < -0.3 is 9.30 Å². The molecule has 0 atom stereocenters. The van der Waals surface area contributed by atoms with E-state index in [1.165, 1.54) is 0 Å². The van der Waals surface area contributed by atoms with Crippen LogP contribution in [0.4, 0.5) is 0 Å². The quantitative estimate of drug-likeness (QED) is 0.740. The van der Waals surface area contributed by atoms with Crippen LogP contribution in [-0.2, 0) is 11.3 Å². The van der Waals surface area contributed by atoms with Gasteiger partial charge in [0.15, 0.2) is 0 Å². The second-order valence-electron chi connectivity index (χ2n) is 3.60. The molecule has 1 aromatic carbocycles. The molecule has 0 amide bonds. The van der Waals surface area contributed by atoms with Crippen molar-refractivity contribution in [1.82, 2.24) is 4.57 Å². The zero-order valence-electron chi connectivity index (χ0n) is 9.56. The molecule has 0 aliphatic rings. The van der Waals surface area contributed by atoms with Gasteiger partial charge in [0.2, 0.25) is 0 Å². The van der Waals surface area contributed by atoms with E-state index in [0.717, 1.165) is 17.4 Å². The maximum absolute atomic E-state index is 11.5. The van der Waals surface area contributed by atoms with Crippen LogP contribution in [0, 0.1) is 0 Å². The molecule has 0 saturated heterocycles. The molecular formula is C13H15NO2. The highest BCUT2D eigenvalue weighted by Crippen LogP contribution is 2.18. The summed E-state index contributed by atoms with van der Waals surface area (Å²) >= 11 is 0. The van der Waals surface area contributed by atoms with Gasteiger partial charge in [-0.05, 0) is 38.1 Å². The Morgan fingerprint density at radius 1 is 1.31 bits per heavy atom. The lowest BCUT2D eigenvalue weighted by Crippen LogP contribution is -2.04. The number of aryl methyl sites for hydroxylation is 1. The molecule has 0 unspecified atom stereocenters. The van der Waals surface area contributed by atoms with Gasteiger partial charge in [0.05, 0.1) is 12.2 Å². The Labute approximate surface area is 94.6 Å². The molecule has 0 aliphatic heterocycles. The Bertz CT molecular complexity index is 514. The van der Waals surface area contributed by atoms with Crippen LogP contribution in [0.2, 0.25) is 0 Å². The summed E-state index contributed by atoms with van der Waals surface area (Å²) in [6.07, 6.45) is 2.03. The summed E-state index contributed by atoms with van der Waals surface area (Å²) in [4.78, 5) is 11.5. The fourth-order valence-electron chi connectivity index (χ4n) is 1.82. The molecule has 1 aromatic heterocycles. The predicted octanol–water partition coefficient (Wildman–Crippen LogP) is 2.84. The number of hydrogen-bond donors (Lipinski definition) is 0. The monoisotopic (exact) mass is 217 g/mol. The largest absolute Gasteiger partial charge is 0.462 e. The van der Waals surface area contributed by atoms with E-state index < -0.39 is 0 Å². The maximum atomic E-state index is 11.5. The van der Waals surface area contributed by atoms with Gasteiger partial charge in [0.25, 0.3) is 0 Å². The number of hydrogen-bond acceptors (Lipinski definition) is 2. The Hall–Kier alpha value is -1.77. The summed E-state index contributed by atoms with van der Waals surface area (Å²) < 4.78 is 7.11. The highest BCUT2D eigenvalue weighted by atomic mass is 16.5. The summed E-state index contributed by atoms with van der Waals surface area (Å²) in [6.45, 7) is 5.25. The van der Waals surface area contributed by atoms with Gasteiger partial charge in [-0.3, -0.25) is 0 Å². The van der Waals surface area contributed by atoms with Crippen LogP contribution in [0.25, 0.3) is 10.9 Å². The predicted molar refractivity (Wildman–Crippen MR) is 63.6 cm³/mol. The van der Waals surface area contributed by atoms with E-state index in [2.05, 4.69) is 11.5 Å². The highest BCUT2D eigenvalue weighted by Gasteiger charge is 2.08. The lowest BCUT2D eigenvalue weighted by atomic mass is 10.1. The van der Waals surface area contributed by atoms with Crippen LogP contribution < -0.4 is 0 Å². The van der Waals surface area contributed by atoms with Crippen molar-refractivity contribution in [2.24, 2.45) is 0 Å². The third-order valence-corrected chi connectivity index (χ3v) is 2.62. The number of esters is 1. The summed E-state index contributed by atoms with van der Waals surface area (Å²) in [5, 5.41) is 1.08. The second-order valence-corrected chi connectivity index (χ2v) is 3.60. The maximum Gasteiger partial charge on any atom is 0.338 e. The van der Waals surface area contributed by atoms with Crippen molar-refractivity contribution in [3.63, 3.8) is 0 Å². The van der Waals surface area contributed by atoms with Gasteiger partial charge >= 0.3 is 5.97 Å². The minimum absolute atomic E-state index is 0.256. The smallest absolute Gasteiger partial charge is 0.338 e. The van der Waals surface area contributed by atoms with Crippen molar-refractivity contribution >= 4 is 16.9 Å². The van der Waals surface area contributed by atoms with Gasteiger partial charge in [-0.25, -0.2) is 4.79 Å². The number of fused-ring (bicyclic) bond motifs is 1. The Balaban J connectivity index is 2.41. The lowest BCUT2D eigenvalue weighted by Gasteiger charge is -2.03. The molecule has 1 heterocycles. The SMILES string of the molecule is CCOC(=O)c1ccc2c(ccn2CC)c1. The molecule has 0 bridgehead atoms. The molecule has 16 heavy (non-hydrogen) atoms. The molecule has 0 aliphatic carbocycles. The first-order valence-corrected chi connectivity index (χ1v) is 5.52. The first-order valence-electron chi connectivity index (χ1n) is 5.52. The van der Waals surface area contributed by atoms with Crippen molar-refractivity contribution in [2.45, 2.75) is 20.4 Å². The molecule has 2 aromatic rings.